The molecule has 2 nitrogen and oxygen atoms in total. The SMILES string of the molecule is CCCOc1ccc(C(N)C2CSC(C)C(C)S2)cc1. The van der Waals surface area contributed by atoms with Crippen molar-refractivity contribution >= 4 is 23.5 Å². The number of benzene rings is 1. The first kappa shape index (κ1) is 16.1. The standard InChI is InChI=1S/C16H25NOS2/c1-4-9-18-14-7-5-13(6-8-14)16(17)15-10-19-11(2)12(3)20-15/h5-8,11-12,15-16H,4,9-10,17H2,1-3H3. The summed E-state index contributed by atoms with van der Waals surface area (Å²) in [5, 5.41) is 1.92. The molecular weight excluding hydrogens is 286 g/mol. The zero-order valence-corrected chi connectivity index (χ0v) is 14.2. The van der Waals surface area contributed by atoms with Gasteiger partial charge >= 0.3 is 0 Å². The largest absolute Gasteiger partial charge is 0.494 e. The van der Waals surface area contributed by atoms with Crippen molar-refractivity contribution in [2.75, 3.05) is 12.4 Å². The van der Waals surface area contributed by atoms with Crippen LogP contribution in [0.5, 0.6) is 5.75 Å². The zero-order valence-electron chi connectivity index (χ0n) is 12.5. The third kappa shape index (κ3) is 4.09. The Kier molecular flexibility index (Phi) is 6.12. The number of hydrogen-bond donors (Lipinski definition) is 1. The predicted molar refractivity (Wildman–Crippen MR) is 91.9 cm³/mol. The molecule has 0 bridgehead atoms. The summed E-state index contributed by atoms with van der Waals surface area (Å²) in [7, 11) is 0. The Morgan fingerprint density at radius 2 is 1.95 bits per heavy atom. The van der Waals surface area contributed by atoms with Crippen molar-refractivity contribution in [3.8, 4) is 5.75 Å². The second-order valence-electron chi connectivity index (χ2n) is 5.36. The highest BCUT2D eigenvalue weighted by molar-refractivity contribution is 8.07. The number of ether oxygens (including phenoxy) is 1. The van der Waals surface area contributed by atoms with Gasteiger partial charge in [0.05, 0.1) is 6.61 Å². The van der Waals surface area contributed by atoms with Gasteiger partial charge in [-0.15, -0.1) is 0 Å². The van der Waals surface area contributed by atoms with Gasteiger partial charge in [-0.3, -0.25) is 0 Å². The average Bonchev–Trinajstić information content (AvgIpc) is 2.48. The van der Waals surface area contributed by atoms with Crippen LogP contribution in [0.2, 0.25) is 0 Å². The Bertz CT molecular complexity index is 409. The molecule has 112 valence electrons. The van der Waals surface area contributed by atoms with Gasteiger partial charge in [0.2, 0.25) is 0 Å². The topological polar surface area (TPSA) is 35.2 Å². The first-order chi connectivity index (χ1) is 9.61. The molecule has 2 rings (SSSR count). The first-order valence-corrected chi connectivity index (χ1v) is 9.36. The Morgan fingerprint density at radius 3 is 2.55 bits per heavy atom. The maximum Gasteiger partial charge on any atom is 0.119 e. The minimum Gasteiger partial charge on any atom is -0.494 e. The summed E-state index contributed by atoms with van der Waals surface area (Å²) < 4.78 is 5.62. The second kappa shape index (κ2) is 7.62. The Balaban J connectivity index is 1.96. The van der Waals surface area contributed by atoms with Gasteiger partial charge in [0.25, 0.3) is 0 Å². The van der Waals surface area contributed by atoms with Crippen LogP contribution in [0.1, 0.15) is 38.8 Å². The molecule has 1 heterocycles. The van der Waals surface area contributed by atoms with E-state index < -0.39 is 0 Å². The number of hydrogen-bond acceptors (Lipinski definition) is 4. The van der Waals surface area contributed by atoms with Crippen LogP contribution in [0.4, 0.5) is 0 Å². The van der Waals surface area contributed by atoms with Crippen LogP contribution < -0.4 is 10.5 Å². The Hall–Kier alpha value is -0.320. The molecule has 1 aromatic carbocycles. The van der Waals surface area contributed by atoms with Gasteiger partial charge in [0, 0.05) is 27.5 Å². The average molecular weight is 312 g/mol. The molecule has 4 heteroatoms. The fraction of sp³-hybridized carbons (Fsp3) is 0.625. The summed E-state index contributed by atoms with van der Waals surface area (Å²) in [5.74, 6) is 2.08. The number of thioether (sulfide) groups is 2. The van der Waals surface area contributed by atoms with Crippen LogP contribution in [-0.4, -0.2) is 28.1 Å². The van der Waals surface area contributed by atoms with E-state index in [1.807, 2.05) is 35.7 Å². The summed E-state index contributed by atoms with van der Waals surface area (Å²) in [6.45, 7) is 7.51. The van der Waals surface area contributed by atoms with Crippen molar-refractivity contribution in [3.63, 3.8) is 0 Å². The lowest BCUT2D eigenvalue weighted by Gasteiger charge is -2.34. The molecule has 0 saturated carbocycles. The van der Waals surface area contributed by atoms with Gasteiger partial charge in [-0.25, -0.2) is 0 Å². The molecule has 0 spiro atoms. The first-order valence-electron chi connectivity index (χ1n) is 7.37. The lowest BCUT2D eigenvalue weighted by Crippen LogP contribution is -2.34. The highest BCUT2D eigenvalue weighted by atomic mass is 32.2. The Morgan fingerprint density at radius 1 is 1.25 bits per heavy atom. The molecule has 2 N–H and O–H groups in total. The summed E-state index contributed by atoms with van der Waals surface area (Å²) in [6, 6.07) is 8.42. The number of rotatable bonds is 5. The van der Waals surface area contributed by atoms with Crippen molar-refractivity contribution < 1.29 is 4.74 Å². The highest BCUT2D eigenvalue weighted by Crippen LogP contribution is 2.40. The third-order valence-corrected chi connectivity index (χ3v) is 7.23. The molecule has 4 atom stereocenters. The molecule has 1 fully saturated rings. The van der Waals surface area contributed by atoms with Crippen molar-refractivity contribution in [1.82, 2.24) is 0 Å². The molecule has 1 aliphatic rings. The van der Waals surface area contributed by atoms with E-state index in [9.17, 15) is 0 Å². The normalized spacial score (nSPS) is 28.1. The van der Waals surface area contributed by atoms with Crippen LogP contribution in [0.3, 0.4) is 0 Å². The summed E-state index contributed by atoms with van der Waals surface area (Å²) in [6.07, 6.45) is 1.03. The van der Waals surface area contributed by atoms with E-state index in [0.29, 0.717) is 10.5 Å². The summed E-state index contributed by atoms with van der Waals surface area (Å²) in [5.41, 5.74) is 7.67. The predicted octanol–water partition coefficient (Wildman–Crippen LogP) is 4.10. The number of nitrogens with two attached hydrogens (primary N) is 1. The van der Waals surface area contributed by atoms with E-state index >= 15 is 0 Å². The van der Waals surface area contributed by atoms with E-state index in [1.54, 1.807) is 0 Å². The molecule has 20 heavy (non-hydrogen) atoms. The van der Waals surface area contributed by atoms with Crippen molar-refractivity contribution in [2.45, 2.75) is 49.0 Å². The van der Waals surface area contributed by atoms with Gasteiger partial charge in [-0.1, -0.05) is 32.9 Å². The van der Waals surface area contributed by atoms with E-state index in [4.69, 9.17) is 10.5 Å². The van der Waals surface area contributed by atoms with Crippen molar-refractivity contribution in [1.29, 1.82) is 0 Å². The van der Waals surface area contributed by atoms with Crippen molar-refractivity contribution in [2.24, 2.45) is 5.73 Å². The van der Waals surface area contributed by atoms with Gasteiger partial charge in [-0.05, 0) is 24.1 Å². The molecule has 1 aromatic rings. The van der Waals surface area contributed by atoms with Crippen molar-refractivity contribution in [3.05, 3.63) is 29.8 Å². The van der Waals surface area contributed by atoms with E-state index in [0.717, 1.165) is 29.8 Å². The van der Waals surface area contributed by atoms with Gasteiger partial charge in [-0.2, -0.15) is 23.5 Å². The minimum absolute atomic E-state index is 0.114. The highest BCUT2D eigenvalue weighted by Gasteiger charge is 2.30. The quantitative estimate of drug-likeness (QED) is 0.888. The van der Waals surface area contributed by atoms with Gasteiger partial charge < -0.3 is 10.5 Å². The van der Waals surface area contributed by atoms with E-state index in [2.05, 4.69) is 32.9 Å². The molecule has 0 aromatic heterocycles. The molecule has 0 radical (unpaired) electrons. The minimum atomic E-state index is 0.114. The van der Waals surface area contributed by atoms with E-state index in [-0.39, 0.29) is 6.04 Å². The zero-order chi connectivity index (χ0) is 14.5. The third-order valence-electron chi connectivity index (χ3n) is 3.71. The lowest BCUT2D eigenvalue weighted by atomic mass is 10.1. The van der Waals surface area contributed by atoms with Gasteiger partial charge in [0.1, 0.15) is 5.75 Å². The van der Waals surface area contributed by atoms with Crippen LogP contribution in [0.25, 0.3) is 0 Å². The molecule has 1 saturated heterocycles. The molecular formula is C16H25NOS2. The molecule has 0 aliphatic carbocycles. The Labute approximate surface area is 131 Å². The molecule has 0 amide bonds. The summed E-state index contributed by atoms with van der Waals surface area (Å²) in [4.78, 5) is 0. The smallest absolute Gasteiger partial charge is 0.119 e. The fourth-order valence-electron chi connectivity index (χ4n) is 2.22. The van der Waals surface area contributed by atoms with Crippen LogP contribution >= 0.6 is 23.5 Å². The fourth-order valence-corrected chi connectivity index (χ4v) is 5.27. The lowest BCUT2D eigenvalue weighted by molar-refractivity contribution is 0.317. The van der Waals surface area contributed by atoms with Crippen LogP contribution in [0, 0.1) is 0 Å². The summed E-state index contributed by atoms with van der Waals surface area (Å²) >= 11 is 4.08. The van der Waals surface area contributed by atoms with Crippen LogP contribution in [0.15, 0.2) is 24.3 Å². The van der Waals surface area contributed by atoms with E-state index in [1.165, 1.54) is 5.56 Å². The second-order valence-corrected chi connectivity index (χ2v) is 8.39. The maximum absolute atomic E-state index is 6.45. The monoisotopic (exact) mass is 311 g/mol. The van der Waals surface area contributed by atoms with Crippen LogP contribution in [-0.2, 0) is 0 Å². The maximum atomic E-state index is 6.45. The molecule has 1 aliphatic heterocycles. The van der Waals surface area contributed by atoms with Gasteiger partial charge in [0.15, 0.2) is 0 Å². The molecule has 4 unspecified atom stereocenters.